The van der Waals surface area contributed by atoms with Crippen molar-refractivity contribution in [1.29, 1.82) is 0 Å². The van der Waals surface area contributed by atoms with E-state index in [0.29, 0.717) is 30.8 Å². The van der Waals surface area contributed by atoms with Gasteiger partial charge in [0.2, 0.25) is 0 Å². The quantitative estimate of drug-likeness (QED) is 0.0219. The van der Waals surface area contributed by atoms with E-state index in [0.717, 1.165) is 54.5 Å². The van der Waals surface area contributed by atoms with Crippen LogP contribution in [0.2, 0.25) is 0 Å². The number of hydrogen-bond donors (Lipinski definition) is 7. The van der Waals surface area contributed by atoms with Crippen molar-refractivity contribution in [3.05, 3.63) is 57.6 Å². The molecule has 2 fully saturated rings. The molecule has 1 aliphatic heterocycles. The van der Waals surface area contributed by atoms with Gasteiger partial charge in [-0.2, -0.15) is 9.59 Å². The van der Waals surface area contributed by atoms with Crippen LogP contribution in [0.4, 0.5) is 4.79 Å². The first kappa shape index (κ1) is 82.4. The number of carboxylic acids is 1. The number of methoxy groups -OCH3 is 2. The predicted octanol–water partition coefficient (Wildman–Crippen LogP) is 4.84. The summed E-state index contributed by atoms with van der Waals surface area (Å²) in [6.45, 7) is 30.8. The largest absolute Gasteiger partial charge is 1.00 e. The van der Waals surface area contributed by atoms with E-state index >= 15 is 0 Å². The van der Waals surface area contributed by atoms with Crippen LogP contribution in [-0.4, -0.2) is 149 Å². The number of alkyl halides is 1. The van der Waals surface area contributed by atoms with Crippen molar-refractivity contribution in [3.8, 4) is 11.5 Å². The Bertz CT molecular complexity index is 1900. The number of quaternary nitrogens is 1. The number of benzene rings is 2. The van der Waals surface area contributed by atoms with Gasteiger partial charge in [-0.1, -0.05) is 127 Å². The zero-order valence-corrected chi connectivity index (χ0v) is 54.0. The Morgan fingerprint density at radius 2 is 1.11 bits per heavy atom. The average molecular weight is 1300 g/mol. The Morgan fingerprint density at radius 3 is 1.33 bits per heavy atom. The van der Waals surface area contributed by atoms with Gasteiger partial charge in [0.15, 0.2) is 3.03 Å². The summed E-state index contributed by atoms with van der Waals surface area (Å²) in [5.74, 6) is -0.553. The summed E-state index contributed by atoms with van der Waals surface area (Å²) < 4.78 is 22.9. The maximum atomic E-state index is 11.2. The molecular weight excluding hydrogens is 1200 g/mol. The molecule has 18 nitrogen and oxygen atoms in total. The summed E-state index contributed by atoms with van der Waals surface area (Å²) in [7, 11) is 8.16. The monoisotopic (exact) mass is 1290 g/mol. The van der Waals surface area contributed by atoms with Crippen LogP contribution in [0.5, 0.6) is 11.5 Å². The van der Waals surface area contributed by atoms with E-state index in [2.05, 4.69) is 180 Å². The van der Waals surface area contributed by atoms with Crippen molar-refractivity contribution in [2.75, 3.05) is 60.5 Å². The molecule has 1 heterocycles. The first-order valence-corrected chi connectivity index (χ1v) is 26.5. The number of carboxylic acid groups (broad SMARTS) is 1. The maximum absolute atomic E-state index is 11.2. The topological polar surface area (TPSA) is 291 Å². The molecule has 0 spiro atoms. The minimum Gasteiger partial charge on any atom is -1.00 e. The number of aliphatic imine (C=N–C) groups is 2. The van der Waals surface area contributed by atoms with Crippen molar-refractivity contribution >= 4 is 71.8 Å². The van der Waals surface area contributed by atoms with Crippen molar-refractivity contribution < 1.29 is 108 Å². The third-order valence-electron chi connectivity index (χ3n) is 10.0. The molecule has 0 aromatic heterocycles. The van der Waals surface area contributed by atoms with E-state index in [1.54, 1.807) is 7.11 Å². The number of nitrogens with zero attached hydrogens (tertiary/aromatic N) is 2. The fourth-order valence-electron chi connectivity index (χ4n) is 5.94. The molecule has 6 unspecified atom stereocenters. The van der Waals surface area contributed by atoms with Crippen molar-refractivity contribution in [2.24, 2.45) is 9.98 Å². The Hall–Kier alpha value is -2.39. The molecule has 1 saturated heterocycles. The molecule has 2 aromatic rings. The molecule has 0 bridgehead atoms. The summed E-state index contributed by atoms with van der Waals surface area (Å²) in [5.41, 5.74) is 9.08. The molecular formula is C53H93ClCoIN3O15P2. The molecule has 1 saturated carbocycles. The first-order valence-electron chi connectivity index (χ1n) is 24.3. The minimum atomic E-state index is -1.19. The predicted molar refractivity (Wildman–Crippen MR) is 306 cm³/mol. The van der Waals surface area contributed by atoms with Gasteiger partial charge in [0.05, 0.1) is 50.7 Å². The number of halogens is 2. The van der Waals surface area contributed by atoms with Gasteiger partial charge in [0, 0.05) is 65.7 Å². The van der Waals surface area contributed by atoms with Crippen LogP contribution in [0.15, 0.2) is 34.3 Å². The van der Waals surface area contributed by atoms with E-state index in [1.165, 1.54) is 25.2 Å². The molecule has 0 amide bonds. The maximum Gasteiger partial charge on any atom is 0.508 e. The van der Waals surface area contributed by atoms with Crippen LogP contribution in [0, 0.1) is 0 Å². The molecule has 23 heteroatoms. The van der Waals surface area contributed by atoms with E-state index in [1.807, 2.05) is 12.4 Å². The van der Waals surface area contributed by atoms with Crippen LogP contribution in [0.1, 0.15) is 156 Å². The second-order valence-electron chi connectivity index (χ2n) is 21.6. The summed E-state index contributed by atoms with van der Waals surface area (Å²) in [6.07, 6.45) is 7.29. The van der Waals surface area contributed by atoms with Crippen LogP contribution < -0.4 is 18.1 Å². The first-order chi connectivity index (χ1) is 33.8. The van der Waals surface area contributed by atoms with Gasteiger partial charge in [0.25, 0.3) is 0 Å². The van der Waals surface area contributed by atoms with Crippen LogP contribution in [-0.2, 0) is 76.5 Å². The average Bonchev–Trinajstić information content (AvgIpc) is 4.06. The van der Waals surface area contributed by atoms with E-state index < -0.39 is 24.8 Å². The molecule has 1 aliphatic carbocycles. The standard InChI is InChI=1S/C36H54N2O2.C7H14O5.C3H8O2.C3H6O.C2H4O3.CH6INP2.CO2.ClH.Co/c1-33(2,3)25-17-23(31(39)27(19-25)35(7,8)9)21-37-29-15-13-14-16-30(29)38-22-24-18-26(34(4,5)6)20-28(32(24)40)36(10,11)12;1-6(8)5-12-7(9)11-4-3-10-2;1-5-3-2-4;1-3-2-4-3;3-1-2(4)5;2-1(3,4)5;2-1-3;;/h17-22,29-30,39-40H,13-16H2,1-12H3;6,8H,3-5H2,1-2H3;4H,2-3H2,1H3;3H,2H2,1H3;3H,1H2,(H,4,5);3-5H2;;1H;. The number of ether oxygens (including phenoxy) is 5. The zero-order valence-electron chi connectivity index (χ0n) is 47.8. The van der Waals surface area contributed by atoms with E-state index in [9.17, 15) is 15.0 Å². The number of carbonyl (C=O) groups is 2. The Balaban J connectivity index is -0.000000376. The summed E-state index contributed by atoms with van der Waals surface area (Å²) in [4.78, 5) is 46.0. The number of aliphatic carboxylic acids is 1. The van der Waals surface area contributed by atoms with Crippen LogP contribution >= 0.6 is 41.1 Å². The normalized spacial score (nSPS) is 16.3. The number of rotatable bonds is 12. The van der Waals surface area contributed by atoms with Crippen LogP contribution in [0.25, 0.3) is 0 Å². The number of aliphatic hydroxyl groups is 3. The Morgan fingerprint density at radius 1 is 0.776 bits per heavy atom. The molecule has 76 heavy (non-hydrogen) atoms. The number of phenolic OH excluding ortho intramolecular Hbond substituents is 2. The van der Waals surface area contributed by atoms with Gasteiger partial charge in [0.1, 0.15) is 31.3 Å². The molecule has 6 atom stereocenters. The number of epoxide rings is 1. The Labute approximate surface area is 488 Å². The third-order valence-corrected chi connectivity index (χ3v) is 10.0. The van der Waals surface area contributed by atoms with Crippen molar-refractivity contribution in [3.63, 3.8) is 0 Å². The number of aliphatic hydroxyl groups excluding tert-OH is 3. The van der Waals surface area contributed by atoms with Gasteiger partial charge >= 0.3 is 18.3 Å². The number of aromatic hydroxyl groups is 2. The van der Waals surface area contributed by atoms with Gasteiger partial charge in [-0.05, 0) is 94.2 Å². The summed E-state index contributed by atoms with van der Waals surface area (Å²) in [5, 5.41) is 54.1. The molecule has 2 aliphatic rings. The number of carbonyl (C=O) groups excluding carboxylic acids is 3. The van der Waals surface area contributed by atoms with Crippen molar-refractivity contribution in [2.45, 2.75) is 172 Å². The van der Waals surface area contributed by atoms with E-state index in [4.69, 9.17) is 49.5 Å². The molecule has 4 rings (SSSR count). The summed E-state index contributed by atoms with van der Waals surface area (Å²) >= 11 is 2.19. The Kier molecular flexibility index (Phi) is 45.1. The number of hydrogen-bond acceptors (Lipinski definition) is 16. The summed E-state index contributed by atoms with van der Waals surface area (Å²) in [6, 6.07) is 8.53. The van der Waals surface area contributed by atoms with Gasteiger partial charge in [-0.25, -0.2) is 9.59 Å². The molecule has 2 aromatic carbocycles. The molecule has 1 radical (unpaired) electrons. The molecule has 9 N–H and O–H groups in total. The van der Waals surface area contributed by atoms with Crippen molar-refractivity contribution in [1.82, 2.24) is 0 Å². The van der Waals surface area contributed by atoms with Gasteiger partial charge < -0.3 is 72.5 Å². The zero-order chi connectivity index (χ0) is 58.3. The minimum absolute atomic E-state index is 0. The fourth-order valence-corrected chi connectivity index (χ4v) is 5.94. The van der Waals surface area contributed by atoms with Crippen LogP contribution in [0.3, 0.4) is 0 Å². The fraction of sp³-hybridized carbons (Fsp3) is 0.679. The molecule has 443 valence electrons. The SMILES string of the molecule is CC(C)(C)c1cc(C=NC2CCCCC2N=Cc2cc(C(C)(C)C)cc(C(C)(C)C)c2O)c(O)c(C(C)(C)C)c1.CC1CO1.COCCO.COCCOC(=O)OCC(C)O.O=C(O)CO.O=C=O.[Cl-].[Co].[NH3+]C(P)(P)I. The second kappa shape index (κ2) is 41.6. The third kappa shape index (κ3) is 42.5. The van der Waals surface area contributed by atoms with Gasteiger partial charge in [-0.3, -0.25) is 9.98 Å². The second-order valence-corrected chi connectivity index (χ2v) is 28.7. The number of phenols is 2. The van der Waals surface area contributed by atoms with Gasteiger partial charge in [-0.15, -0.1) is 0 Å². The van der Waals surface area contributed by atoms with E-state index in [-0.39, 0.29) is 91.9 Å². The smallest absolute Gasteiger partial charge is 0.508 e.